The van der Waals surface area contributed by atoms with E-state index in [0.717, 1.165) is 0 Å². The fourth-order valence-corrected chi connectivity index (χ4v) is 1.94. The summed E-state index contributed by atoms with van der Waals surface area (Å²) in [7, 11) is 0. The smallest absolute Gasteiger partial charge is 0.293 e. The molecule has 0 atom stereocenters. The number of carbonyl (C=O) groups excluding carboxylic acids is 2. The molecule has 0 aliphatic rings. The zero-order valence-corrected chi connectivity index (χ0v) is 11.9. The Balaban J connectivity index is 2.12. The summed E-state index contributed by atoms with van der Waals surface area (Å²) in [5.74, 6) is -0.469. The highest BCUT2D eigenvalue weighted by atomic mass is 16.2. The Bertz CT molecular complexity index is 678. The van der Waals surface area contributed by atoms with E-state index in [1.54, 1.807) is 54.6 Å². The SMILES string of the molecule is N#CCCN(C(=O)NC(=O)c1ccccc1)c1ccccc1. The van der Waals surface area contributed by atoms with Crippen LogP contribution < -0.4 is 10.2 Å². The molecule has 1 N–H and O–H groups in total. The predicted octanol–water partition coefficient (Wildman–Crippen LogP) is 2.96. The van der Waals surface area contributed by atoms with Crippen molar-refractivity contribution in [1.29, 1.82) is 5.26 Å². The molecule has 22 heavy (non-hydrogen) atoms. The molecule has 0 saturated carbocycles. The van der Waals surface area contributed by atoms with E-state index in [4.69, 9.17) is 5.26 Å². The van der Waals surface area contributed by atoms with Crippen LogP contribution >= 0.6 is 0 Å². The number of hydrogen-bond acceptors (Lipinski definition) is 3. The van der Waals surface area contributed by atoms with E-state index in [-0.39, 0.29) is 13.0 Å². The maximum atomic E-state index is 12.3. The molecule has 3 amide bonds. The van der Waals surface area contributed by atoms with Crippen molar-refractivity contribution >= 4 is 17.6 Å². The fourth-order valence-electron chi connectivity index (χ4n) is 1.94. The molecule has 0 aliphatic heterocycles. The van der Waals surface area contributed by atoms with Crippen molar-refractivity contribution in [2.24, 2.45) is 0 Å². The van der Waals surface area contributed by atoms with Gasteiger partial charge in [-0.3, -0.25) is 15.0 Å². The normalized spacial score (nSPS) is 9.59. The zero-order valence-electron chi connectivity index (χ0n) is 11.9. The van der Waals surface area contributed by atoms with Crippen molar-refractivity contribution in [3.05, 3.63) is 66.2 Å². The summed E-state index contributed by atoms with van der Waals surface area (Å²) in [6, 6.07) is 18.9. The summed E-state index contributed by atoms with van der Waals surface area (Å²) in [6.45, 7) is 0.217. The maximum Gasteiger partial charge on any atom is 0.328 e. The number of nitrogens with one attached hydrogen (secondary N) is 1. The van der Waals surface area contributed by atoms with Gasteiger partial charge in [-0.05, 0) is 24.3 Å². The minimum Gasteiger partial charge on any atom is -0.293 e. The highest BCUT2D eigenvalue weighted by Crippen LogP contribution is 2.14. The van der Waals surface area contributed by atoms with Crippen LogP contribution in [0.3, 0.4) is 0 Å². The van der Waals surface area contributed by atoms with E-state index in [0.29, 0.717) is 11.3 Å². The van der Waals surface area contributed by atoms with Crippen molar-refractivity contribution in [2.75, 3.05) is 11.4 Å². The third-order valence-electron chi connectivity index (χ3n) is 3.02. The lowest BCUT2D eigenvalue weighted by atomic mass is 10.2. The highest BCUT2D eigenvalue weighted by Gasteiger charge is 2.18. The van der Waals surface area contributed by atoms with E-state index >= 15 is 0 Å². The van der Waals surface area contributed by atoms with Crippen LogP contribution in [-0.4, -0.2) is 18.5 Å². The molecule has 2 rings (SSSR count). The minimum absolute atomic E-state index is 0.182. The number of rotatable bonds is 4. The molecule has 0 aliphatic carbocycles. The molecule has 110 valence electrons. The van der Waals surface area contributed by atoms with E-state index in [1.807, 2.05) is 12.1 Å². The van der Waals surface area contributed by atoms with Gasteiger partial charge in [0.15, 0.2) is 0 Å². The van der Waals surface area contributed by atoms with Gasteiger partial charge in [-0.25, -0.2) is 4.79 Å². The first-order valence-electron chi connectivity index (χ1n) is 6.82. The number of amides is 3. The molecule has 0 spiro atoms. The molecule has 2 aromatic carbocycles. The second-order valence-electron chi connectivity index (χ2n) is 4.52. The minimum atomic E-state index is -0.546. The molecular weight excluding hydrogens is 278 g/mol. The molecule has 0 fully saturated rings. The molecule has 0 unspecified atom stereocenters. The van der Waals surface area contributed by atoms with E-state index in [2.05, 4.69) is 5.32 Å². The summed E-state index contributed by atoms with van der Waals surface area (Å²) < 4.78 is 0. The van der Waals surface area contributed by atoms with Crippen LogP contribution in [0.2, 0.25) is 0 Å². The first-order chi connectivity index (χ1) is 10.7. The molecule has 0 heterocycles. The summed E-state index contributed by atoms with van der Waals surface area (Å²) in [5, 5.41) is 11.1. The molecule has 0 radical (unpaired) electrons. The maximum absolute atomic E-state index is 12.3. The van der Waals surface area contributed by atoms with Crippen molar-refractivity contribution in [1.82, 2.24) is 5.32 Å². The monoisotopic (exact) mass is 293 g/mol. The van der Waals surface area contributed by atoms with Gasteiger partial charge in [-0.15, -0.1) is 0 Å². The average molecular weight is 293 g/mol. The van der Waals surface area contributed by atoms with Gasteiger partial charge in [0.2, 0.25) is 0 Å². The number of urea groups is 1. The Morgan fingerprint density at radius 2 is 1.59 bits per heavy atom. The Morgan fingerprint density at radius 1 is 1.00 bits per heavy atom. The molecule has 2 aromatic rings. The van der Waals surface area contributed by atoms with Gasteiger partial charge in [-0.2, -0.15) is 5.26 Å². The number of hydrogen-bond donors (Lipinski definition) is 1. The quantitative estimate of drug-likeness (QED) is 0.941. The van der Waals surface area contributed by atoms with Gasteiger partial charge < -0.3 is 0 Å². The van der Waals surface area contributed by atoms with Crippen molar-refractivity contribution in [3.63, 3.8) is 0 Å². The average Bonchev–Trinajstić information content (AvgIpc) is 2.57. The van der Waals surface area contributed by atoms with Gasteiger partial charge >= 0.3 is 6.03 Å². The molecule has 5 nitrogen and oxygen atoms in total. The third-order valence-corrected chi connectivity index (χ3v) is 3.02. The zero-order chi connectivity index (χ0) is 15.8. The van der Waals surface area contributed by atoms with Gasteiger partial charge in [0, 0.05) is 17.8 Å². The Labute approximate surface area is 128 Å². The Morgan fingerprint density at radius 3 is 2.18 bits per heavy atom. The van der Waals surface area contributed by atoms with Gasteiger partial charge in [0.1, 0.15) is 0 Å². The van der Waals surface area contributed by atoms with Crippen molar-refractivity contribution in [2.45, 2.75) is 6.42 Å². The van der Waals surface area contributed by atoms with Gasteiger partial charge in [-0.1, -0.05) is 36.4 Å². The first kappa shape index (κ1) is 15.3. The number of imide groups is 1. The standard InChI is InChI=1S/C17H15N3O2/c18-12-7-13-20(15-10-5-2-6-11-15)17(22)19-16(21)14-8-3-1-4-9-14/h1-6,8-11H,7,13H2,(H,19,21,22). The molecular formula is C17H15N3O2. The van der Waals surface area contributed by atoms with Crippen LogP contribution in [-0.2, 0) is 0 Å². The molecule has 0 bridgehead atoms. The number of nitriles is 1. The molecule has 0 aromatic heterocycles. The number of benzene rings is 2. The number of para-hydroxylation sites is 1. The Hall–Kier alpha value is -3.13. The lowest BCUT2D eigenvalue weighted by Gasteiger charge is -2.21. The number of carbonyl (C=O) groups is 2. The van der Waals surface area contributed by atoms with Gasteiger partial charge in [0.25, 0.3) is 5.91 Å². The third kappa shape index (κ3) is 3.93. The highest BCUT2D eigenvalue weighted by molar-refractivity contribution is 6.08. The van der Waals surface area contributed by atoms with Crippen molar-refractivity contribution in [3.8, 4) is 6.07 Å². The summed E-state index contributed by atoms with van der Waals surface area (Å²) in [4.78, 5) is 25.7. The summed E-state index contributed by atoms with van der Waals surface area (Å²) in [5.41, 5.74) is 1.04. The first-order valence-corrected chi connectivity index (χ1v) is 6.82. The van der Waals surface area contributed by atoms with E-state index < -0.39 is 11.9 Å². The van der Waals surface area contributed by atoms with Crippen LogP contribution in [0.1, 0.15) is 16.8 Å². The summed E-state index contributed by atoms with van der Waals surface area (Å²) >= 11 is 0. The molecule has 0 saturated heterocycles. The lowest BCUT2D eigenvalue weighted by Crippen LogP contribution is -2.43. The fraction of sp³-hybridized carbons (Fsp3) is 0.118. The van der Waals surface area contributed by atoms with Crippen LogP contribution in [0.4, 0.5) is 10.5 Å². The van der Waals surface area contributed by atoms with Crippen LogP contribution in [0.5, 0.6) is 0 Å². The van der Waals surface area contributed by atoms with Crippen LogP contribution in [0, 0.1) is 11.3 Å². The second kappa shape index (κ2) is 7.60. The number of nitrogens with zero attached hydrogens (tertiary/aromatic N) is 2. The second-order valence-corrected chi connectivity index (χ2v) is 4.52. The predicted molar refractivity (Wildman–Crippen MR) is 83.3 cm³/mol. The largest absolute Gasteiger partial charge is 0.328 e. The van der Waals surface area contributed by atoms with E-state index in [1.165, 1.54) is 4.90 Å². The van der Waals surface area contributed by atoms with E-state index in [9.17, 15) is 9.59 Å². The number of anilines is 1. The van der Waals surface area contributed by atoms with Crippen LogP contribution in [0.15, 0.2) is 60.7 Å². The Kier molecular flexibility index (Phi) is 5.27. The summed E-state index contributed by atoms with van der Waals surface area (Å²) in [6.07, 6.45) is 0.182. The van der Waals surface area contributed by atoms with Crippen LogP contribution in [0.25, 0.3) is 0 Å². The van der Waals surface area contributed by atoms with Gasteiger partial charge in [0.05, 0.1) is 12.5 Å². The lowest BCUT2D eigenvalue weighted by molar-refractivity contribution is 0.0965. The molecule has 5 heteroatoms. The topological polar surface area (TPSA) is 73.2 Å². The van der Waals surface area contributed by atoms with Crippen molar-refractivity contribution < 1.29 is 9.59 Å².